The number of anilines is 1. The molecule has 132 valence electrons. The summed E-state index contributed by atoms with van der Waals surface area (Å²) in [4.78, 5) is 24.4. The van der Waals surface area contributed by atoms with E-state index in [1.54, 1.807) is 72.8 Å². The average Bonchev–Trinajstić information content (AvgIpc) is 2.73. The first-order valence-electron chi connectivity index (χ1n) is 8.28. The molecule has 0 aliphatic heterocycles. The zero-order valence-electron chi connectivity index (χ0n) is 14.4. The van der Waals surface area contributed by atoms with Crippen LogP contribution in [0.1, 0.15) is 26.3 Å². The number of ether oxygens (including phenoxy) is 1. The van der Waals surface area contributed by atoms with Gasteiger partial charge in [0.25, 0.3) is 5.91 Å². The molecule has 0 radical (unpaired) electrons. The van der Waals surface area contributed by atoms with Crippen LogP contribution in [-0.4, -0.2) is 18.3 Å². The number of carbonyl (C=O) groups is 2. The Labute approximate surface area is 156 Å². The maximum Gasteiger partial charge on any atom is 0.255 e. The molecular weight excluding hydrogens is 340 g/mol. The van der Waals surface area contributed by atoms with Gasteiger partial charge in [0.15, 0.2) is 12.4 Å². The van der Waals surface area contributed by atoms with Gasteiger partial charge in [0.1, 0.15) is 5.75 Å². The van der Waals surface area contributed by atoms with Gasteiger partial charge in [0.2, 0.25) is 0 Å². The molecule has 0 saturated carbocycles. The van der Waals surface area contributed by atoms with Gasteiger partial charge >= 0.3 is 0 Å². The maximum absolute atomic E-state index is 12.3. The number of nitrogens with zero attached hydrogens (tertiary/aromatic N) is 1. The van der Waals surface area contributed by atoms with E-state index in [4.69, 9.17) is 10.00 Å². The minimum atomic E-state index is -0.213. The van der Waals surface area contributed by atoms with Crippen molar-refractivity contribution in [1.29, 1.82) is 5.26 Å². The van der Waals surface area contributed by atoms with E-state index in [1.807, 2.05) is 12.1 Å². The van der Waals surface area contributed by atoms with Crippen LogP contribution in [0.2, 0.25) is 0 Å². The van der Waals surface area contributed by atoms with Gasteiger partial charge in [-0.15, -0.1) is 0 Å². The zero-order valence-corrected chi connectivity index (χ0v) is 14.4. The van der Waals surface area contributed by atoms with E-state index in [0.29, 0.717) is 28.1 Å². The third kappa shape index (κ3) is 4.80. The van der Waals surface area contributed by atoms with Gasteiger partial charge in [-0.1, -0.05) is 24.3 Å². The molecule has 0 atom stereocenters. The summed E-state index contributed by atoms with van der Waals surface area (Å²) >= 11 is 0. The number of Topliss-reactive ketones (excluding diaryl/α,β-unsaturated/α-hetero) is 1. The number of rotatable bonds is 6. The van der Waals surface area contributed by atoms with Crippen LogP contribution in [0.4, 0.5) is 5.69 Å². The first kappa shape index (κ1) is 17.9. The number of nitrogens with one attached hydrogen (secondary N) is 1. The molecule has 0 fully saturated rings. The van der Waals surface area contributed by atoms with Gasteiger partial charge in [-0.05, 0) is 54.6 Å². The van der Waals surface area contributed by atoms with Gasteiger partial charge in [0.05, 0.1) is 11.6 Å². The Hall–Kier alpha value is -3.91. The highest BCUT2D eigenvalue weighted by Gasteiger charge is 2.09. The molecule has 27 heavy (non-hydrogen) atoms. The summed E-state index contributed by atoms with van der Waals surface area (Å²) < 4.78 is 5.45. The third-order valence-electron chi connectivity index (χ3n) is 3.83. The van der Waals surface area contributed by atoms with E-state index in [0.717, 1.165) is 0 Å². The summed E-state index contributed by atoms with van der Waals surface area (Å²) in [6.45, 7) is -0.134. The molecule has 5 heteroatoms. The van der Waals surface area contributed by atoms with E-state index >= 15 is 0 Å². The van der Waals surface area contributed by atoms with E-state index in [1.165, 1.54) is 0 Å². The summed E-state index contributed by atoms with van der Waals surface area (Å²) in [6.07, 6.45) is 0. The number of ketones is 1. The van der Waals surface area contributed by atoms with Gasteiger partial charge in [-0.3, -0.25) is 9.59 Å². The maximum atomic E-state index is 12.3. The predicted octanol–water partition coefficient (Wildman–Crippen LogP) is 4.07. The Morgan fingerprint density at radius 2 is 1.63 bits per heavy atom. The van der Waals surface area contributed by atoms with Crippen molar-refractivity contribution >= 4 is 17.4 Å². The van der Waals surface area contributed by atoms with Gasteiger partial charge < -0.3 is 10.1 Å². The van der Waals surface area contributed by atoms with Crippen LogP contribution < -0.4 is 10.1 Å². The fourth-order valence-electron chi connectivity index (χ4n) is 2.42. The third-order valence-corrected chi connectivity index (χ3v) is 3.83. The fraction of sp³-hybridized carbons (Fsp3) is 0.0455. The Kier molecular flexibility index (Phi) is 5.60. The summed E-state index contributed by atoms with van der Waals surface area (Å²) in [6, 6.07) is 24.2. The Morgan fingerprint density at radius 3 is 2.33 bits per heavy atom. The molecule has 0 aromatic heterocycles. The second kappa shape index (κ2) is 8.45. The highest BCUT2D eigenvalue weighted by molar-refractivity contribution is 6.04. The molecule has 0 aliphatic rings. The minimum Gasteiger partial charge on any atom is -0.485 e. The molecule has 3 aromatic carbocycles. The van der Waals surface area contributed by atoms with Crippen LogP contribution in [0.3, 0.4) is 0 Å². The van der Waals surface area contributed by atoms with Crippen molar-refractivity contribution in [2.75, 3.05) is 11.9 Å². The lowest BCUT2D eigenvalue weighted by Crippen LogP contribution is -2.13. The van der Waals surface area contributed by atoms with E-state index in [9.17, 15) is 9.59 Å². The predicted molar refractivity (Wildman–Crippen MR) is 102 cm³/mol. The van der Waals surface area contributed by atoms with Crippen molar-refractivity contribution in [2.24, 2.45) is 0 Å². The quantitative estimate of drug-likeness (QED) is 0.675. The van der Waals surface area contributed by atoms with Crippen LogP contribution >= 0.6 is 0 Å². The summed E-state index contributed by atoms with van der Waals surface area (Å²) in [5.41, 5.74) is 2.11. The monoisotopic (exact) mass is 356 g/mol. The van der Waals surface area contributed by atoms with Crippen molar-refractivity contribution in [3.63, 3.8) is 0 Å². The molecule has 1 amide bonds. The standard InChI is InChI=1S/C22H16N2O3/c23-14-16-5-4-8-20(13-16)27-15-21(25)17-9-11-19(12-10-17)24-22(26)18-6-2-1-3-7-18/h1-13H,15H2,(H,24,26). The van der Waals surface area contributed by atoms with Crippen LogP contribution in [0.5, 0.6) is 5.75 Å². The van der Waals surface area contributed by atoms with Gasteiger partial charge in [-0.2, -0.15) is 5.26 Å². The molecule has 0 unspecified atom stereocenters. The molecule has 3 rings (SSSR count). The smallest absolute Gasteiger partial charge is 0.255 e. The first-order chi connectivity index (χ1) is 13.2. The number of amides is 1. The van der Waals surface area contributed by atoms with Crippen LogP contribution in [0, 0.1) is 11.3 Å². The second-order valence-electron chi connectivity index (χ2n) is 5.75. The number of nitriles is 1. The van der Waals surface area contributed by atoms with Crippen LogP contribution in [0.25, 0.3) is 0 Å². The van der Waals surface area contributed by atoms with E-state index in [2.05, 4.69) is 5.32 Å². The molecule has 3 aromatic rings. The Balaban J connectivity index is 1.58. The molecule has 0 heterocycles. The van der Waals surface area contributed by atoms with Crippen molar-refractivity contribution in [1.82, 2.24) is 0 Å². The summed E-state index contributed by atoms with van der Waals surface area (Å²) in [5, 5.41) is 11.7. The van der Waals surface area contributed by atoms with E-state index < -0.39 is 0 Å². The first-order valence-corrected chi connectivity index (χ1v) is 8.28. The van der Waals surface area contributed by atoms with Gasteiger partial charge in [0, 0.05) is 16.8 Å². The lowest BCUT2D eigenvalue weighted by atomic mass is 10.1. The summed E-state index contributed by atoms with van der Waals surface area (Å²) in [7, 11) is 0. The highest BCUT2D eigenvalue weighted by atomic mass is 16.5. The lowest BCUT2D eigenvalue weighted by molar-refractivity contribution is 0.0921. The zero-order chi connectivity index (χ0) is 19.1. The van der Waals surface area contributed by atoms with Crippen molar-refractivity contribution in [3.8, 4) is 11.8 Å². The average molecular weight is 356 g/mol. The SMILES string of the molecule is N#Cc1cccc(OCC(=O)c2ccc(NC(=O)c3ccccc3)cc2)c1. The number of hydrogen-bond acceptors (Lipinski definition) is 4. The normalized spacial score (nSPS) is 9.89. The van der Waals surface area contributed by atoms with Crippen LogP contribution in [0.15, 0.2) is 78.9 Å². The Bertz CT molecular complexity index is 990. The Morgan fingerprint density at radius 1 is 0.889 bits per heavy atom. The molecule has 0 spiro atoms. The van der Waals surface area contributed by atoms with Crippen molar-refractivity contribution < 1.29 is 14.3 Å². The van der Waals surface area contributed by atoms with Crippen LogP contribution in [-0.2, 0) is 0 Å². The fourth-order valence-corrected chi connectivity index (χ4v) is 2.42. The minimum absolute atomic E-state index is 0.134. The molecule has 5 nitrogen and oxygen atoms in total. The topological polar surface area (TPSA) is 79.2 Å². The molecular formula is C22H16N2O3. The molecule has 0 aliphatic carbocycles. The molecule has 0 bridgehead atoms. The lowest BCUT2D eigenvalue weighted by Gasteiger charge is -2.08. The van der Waals surface area contributed by atoms with Gasteiger partial charge in [-0.25, -0.2) is 0 Å². The van der Waals surface area contributed by atoms with Crippen molar-refractivity contribution in [3.05, 3.63) is 95.6 Å². The number of hydrogen-bond donors (Lipinski definition) is 1. The molecule has 0 saturated heterocycles. The highest BCUT2D eigenvalue weighted by Crippen LogP contribution is 2.15. The second-order valence-corrected chi connectivity index (χ2v) is 5.75. The molecule has 1 N–H and O–H groups in total. The number of carbonyl (C=O) groups excluding carboxylic acids is 2. The largest absolute Gasteiger partial charge is 0.485 e. The van der Waals surface area contributed by atoms with E-state index in [-0.39, 0.29) is 18.3 Å². The van der Waals surface area contributed by atoms with Crippen molar-refractivity contribution in [2.45, 2.75) is 0 Å². The number of benzene rings is 3. The summed E-state index contributed by atoms with van der Waals surface area (Å²) in [5.74, 6) is 0.0582.